The third-order valence-corrected chi connectivity index (χ3v) is 4.15. The van der Waals surface area contributed by atoms with Crippen molar-refractivity contribution in [3.05, 3.63) is 6.92 Å². The summed E-state index contributed by atoms with van der Waals surface area (Å²) in [6.45, 7) is 4.18. The molecule has 2 saturated carbocycles. The van der Waals surface area contributed by atoms with Gasteiger partial charge in [0.1, 0.15) is 0 Å². The fourth-order valence-electron chi connectivity index (χ4n) is 3.28. The number of fused-ring (bicyclic) bond motifs is 1. The molecule has 2 aliphatic rings. The molecule has 4 atom stereocenters. The first-order chi connectivity index (χ1) is 6.68. The summed E-state index contributed by atoms with van der Waals surface area (Å²) in [5.74, 6) is 1.20. The van der Waals surface area contributed by atoms with Gasteiger partial charge in [0.15, 0.2) is 0 Å². The maximum atomic E-state index is 10.9. The Bertz CT molecular complexity index is 224. The van der Waals surface area contributed by atoms with E-state index in [1.54, 1.807) is 0 Å². The zero-order valence-corrected chi connectivity index (χ0v) is 8.61. The lowest BCUT2D eigenvalue weighted by Gasteiger charge is -2.41. The monoisotopic (exact) mass is 195 g/mol. The van der Waals surface area contributed by atoms with Crippen LogP contribution in [0.15, 0.2) is 0 Å². The van der Waals surface area contributed by atoms with Crippen LogP contribution >= 0.6 is 0 Å². The lowest BCUT2D eigenvalue weighted by atomic mass is 9.63. The van der Waals surface area contributed by atoms with E-state index in [4.69, 9.17) is 5.11 Å². The Morgan fingerprint density at radius 1 is 1.21 bits per heavy atom. The molecule has 2 heteroatoms. The van der Waals surface area contributed by atoms with Gasteiger partial charge in [0, 0.05) is 0 Å². The second-order valence-electron chi connectivity index (χ2n) is 4.96. The van der Waals surface area contributed by atoms with Gasteiger partial charge in [-0.25, -0.2) is 0 Å². The molecule has 0 spiro atoms. The van der Waals surface area contributed by atoms with E-state index in [9.17, 15) is 4.79 Å². The van der Waals surface area contributed by atoms with Gasteiger partial charge in [-0.1, -0.05) is 19.3 Å². The Hall–Kier alpha value is -0.530. The summed E-state index contributed by atoms with van der Waals surface area (Å²) in [5.41, 5.74) is 0. The summed E-state index contributed by atoms with van der Waals surface area (Å²) in [6.07, 6.45) is 6.70. The molecule has 0 bridgehead atoms. The number of carboxylic acid groups (broad SMARTS) is 1. The zero-order chi connectivity index (χ0) is 10.1. The Morgan fingerprint density at radius 2 is 2.00 bits per heavy atom. The van der Waals surface area contributed by atoms with E-state index in [2.05, 4.69) is 6.92 Å². The van der Waals surface area contributed by atoms with Crippen LogP contribution in [0.5, 0.6) is 0 Å². The summed E-state index contributed by atoms with van der Waals surface area (Å²) in [6, 6.07) is 0. The first kappa shape index (κ1) is 10.0. The highest BCUT2D eigenvalue weighted by Gasteiger charge is 2.38. The predicted octanol–water partition coefficient (Wildman–Crippen LogP) is 2.74. The van der Waals surface area contributed by atoms with Crippen molar-refractivity contribution in [2.75, 3.05) is 0 Å². The number of carbonyl (C=O) groups is 1. The third-order valence-electron chi connectivity index (χ3n) is 4.15. The van der Waals surface area contributed by atoms with Crippen LogP contribution in [-0.2, 0) is 4.79 Å². The van der Waals surface area contributed by atoms with E-state index in [1.807, 2.05) is 0 Å². The van der Waals surface area contributed by atoms with Crippen LogP contribution in [-0.4, -0.2) is 11.1 Å². The van der Waals surface area contributed by atoms with E-state index < -0.39 is 5.97 Å². The summed E-state index contributed by atoms with van der Waals surface area (Å²) >= 11 is 0. The molecule has 2 fully saturated rings. The van der Waals surface area contributed by atoms with Gasteiger partial charge in [-0.05, 0) is 43.9 Å². The highest BCUT2D eigenvalue weighted by molar-refractivity contribution is 5.70. The molecule has 4 unspecified atom stereocenters. The molecule has 0 aromatic carbocycles. The molecule has 1 radical (unpaired) electrons. The first-order valence-corrected chi connectivity index (χ1v) is 5.74. The van der Waals surface area contributed by atoms with Crippen LogP contribution in [0.2, 0.25) is 0 Å². The summed E-state index contributed by atoms with van der Waals surface area (Å²) in [7, 11) is 0. The lowest BCUT2D eigenvalue weighted by molar-refractivity contribution is -0.144. The predicted molar refractivity (Wildman–Crippen MR) is 54.7 cm³/mol. The van der Waals surface area contributed by atoms with Crippen LogP contribution in [0.25, 0.3) is 0 Å². The molecule has 0 aromatic rings. The molecule has 0 aromatic heterocycles. The largest absolute Gasteiger partial charge is 0.481 e. The molecule has 1 N–H and O–H groups in total. The SMILES string of the molecule is [CH2]C1CCCC2CCC(C(=O)O)CC12. The number of aliphatic carboxylic acids is 1. The summed E-state index contributed by atoms with van der Waals surface area (Å²) in [5, 5.41) is 8.99. The molecular formula is C12H19O2. The van der Waals surface area contributed by atoms with Crippen LogP contribution in [0.1, 0.15) is 38.5 Å². The highest BCUT2D eigenvalue weighted by Crippen LogP contribution is 2.45. The minimum atomic E-state index is -0.596. The van der Waals surface area contributed by atoms with E-state index >= 15 is 0 Å². The number of hydrogen-bond acceptors (Lipinski definition) is 1. The topological polar surface area (TPSA) is 37.3 Å². The fraction of sp³-hybridized carbons (Fsp3) is 0.833. The molecule has 0 saturated heterocycles. The number of hydrogen-bond donors (Lipinski definition) is 1. The van der Waals surface area contributed by atoms with Gasteiger partial charge in [0.25, 0.3) is 0 Å². The Labute approximate surface area is 85.7 Å². The summed E-state index contributed by atoms with van der Waals surface area (Å²) in [4.78, 5) is 10.9. The number of carboxylic acids is 1. The van der Waals surface area contributed by atoms with Crippen molar-refractivity contribution in [3.8, 4) is 0 Å². The maximum Gasteiger partial charge on any atom is 0.306 e. The van der Waals surface area contributed by atoms with Crippen LogP contribution in [0.4, 0.5) is 0 Å². The molecule has 0 aliphatic heterocycles. The van der Waals surface area contributed by atoms with E-state index in [-0.39, 0.29) is 5.92 Å². The van der Waals surface area contributed by atoms with Gasteiger partial charge in [0.2, 0.25) is 0 Å². The highest BCUT2D eigenvalue weighted by atomic mass is 16.4. The minimum Gasteiger partial charge on any atom is -0.481 e. The molecule has 14 heavy (non-hydrogen) atoms. The van der Waals surface area contributed by atoms with Gasteiger partial charge in [-0.15, -0.1) is 0 Å². The van der Waals surface area contributed by atoms with Gasteiger partial charge in [-0.2, -0.15) is 0 Å². The first-order valence-electron chi connectivity index (χ1n) is 5.74. The molecule has 2 nitrogen and oxygen atoms in total. The molecule has 79 valence electrons. The summed E-state index contributed by atoms with van der Waals surface area (Å²) < 4.78 is 0. The molecule has 0 amide bonds. The van der Waals surface area contributed by atoms with E-state index in [1.165, 1.54) is 19.3 Å². The van der Waals surface area contributed by atoms with Crippen molar-refractivity contribution in [2.45, 2.75) is 38.5 Å². The van der Waals surface area contributed by atoms with Crippen molar-refractivity contribution in [2.24, 2.45) is 23.7 Å². The Morgan fingerprint density at radius 3 is 2.71 bits per heavy atom. The normalized spacial score (nSPS) is 42.9. The lowest BCUT2D eigenvalue weighted by Crippen LogP contribution is -2.35. The molecular weight excluding hydrogens is 176 g/mol. The molecule has 2 rings (SSSR count). The average molecular weight is 195 g/mol. The van der Waals surface area contributed by atoms with Gasteiger partial charge >= 0.3 is 5.97 Å². The maximum absolute atomic E-state index is 10.9. The van der Waals surface area contributed by atoms with E-state index in [0.29, 0.717) is 11.8 Å². The molecule has 2 aliphatic carbocycles. The van der Waals surface area contributed by atoms with Gasteiger partial charge in [0.05, 0.1) is 5.92 Å². The second-order valence-corrected chi connectivity index (χ2v) is 4.96. The van der Waals surface area contributed by atoms with Gasteiger partial charge < -0.3 is 5.11 Å². The van der Waals surface area contributed by atoms with Crippen molar-refractivity contribution in [1.29, 1.82) is 0 Å². The smallest absolute Gasteiger partial charge is 0.306 e. The Balaban J connectivity index is 2.01. The van der Waals surface area contributed by atoms with Gasteiger partial charge in [-0.3, -0.25) is 4.79 Å². The van der Waals surface area contributed by atoms with Crippen molar-refractivity contribution in [1.82, 2.24) is 0 Å². The quantitative estimate of drug-likeness (QED) is 0.698. The Kier molecular flexibility index (Phi) is 2.80. The van der Waals surface area contributed by atoms with Crippen molar-refractivity contribution in [3.63, 3.8) is 0 Å². The fourth-order valence-corrected chi connectivity index (χ4v) is 3.28. The second kappa shape index (κ2) is 3.92. The van der Waals surface area contributed by atoms with Crippen LogP contribution in [0.3, 0.4) is 0 Å². The van der Waals surface area contributed by atoms with E-state index in [0.717, 1.165) is 25.2 Å². The standard InChI is InChI=1S/C12H19O2/c1-8-3-2-4-9-5-6-10(12(13)14)7-11(8)9/h8-11H,1-7H2,(H,13,14). The van der Waals surface area contributed by atoms with Crippen molar-refractivity contribution < 1.29 is 9.90 Å². The van der Waals surface area contributed by atoms with Crippen LogP contribution < -0.4 is 0 Å². The number of rotatable bonds is 1. The van der Waals surface area contributed by atoms with Crippen LogP contribution in [0, 0.1) is 30.6 Å². The zero-order valence-electron chi connectivity index (χ0n) is 8.61. The third kappa shape index (κ3) is 1.79. The minimum absolute atomic E-state index is 0.0846. The van der Waals surface area contributed by atoms with Crippen molar-refractivity contribution >= 4 is 5.97 Å². The average Bonchev–Trinajstić information content (AvgIpc) is 2.18. The molecule has 0 heterocycles.